The van der Waals surface area contributed by atoms with Gasteiger partial charge in [0.2, 0.25) is 5.91 Å². The van der Waals surface area contributed by atoms with Crippen LogP contribution in [0.2, 0.25) is 0 Å². The van der Waals surface area contributed by atoms with Crippen molar-refractivity contribution in [3.05, 3.63) is 23.8 Å². The van der Waals surface area contributed by atoms with E-state index in [4.69, 9.17) is 0 Å². The normalized spacial score (nSPS) is 13.7. The molecule has 0 atom stereocenters. The predicted octanol–water partition coefficient (Wildman–Crippen LogP) is 0.861. The number of carbonyl (C=O) groups excluding carboxylic acids is 1. The third-order valence-corrected chi connectivity index (χ3v) is 3.29. The Morgan fingerprint density at radius 3 is 3.00 bits per heavy atom. The van der Waals surface area contributed by atoms with Crippen molar-refractivity contribution in [3.63, 3.8) is 0 Å². The Bertz CT molecular complexity index is 431. The first kappa shape index (κ1) is 11.9. The highest BCUT2D eigenvalue weighted by Crippen LogP contribution is 2.30. The molecule has 0 aromatic heterocycles. The lowest BCUT2D eigenvalue weighted by molar-refractivity contribution is -0.117. The lowest BCUT2D eigenvalue weighted by Gasteiger charge is -2.20. The van der Waals surface area contributed by atoms with Crippen LogP contribution in [0.1, 0.15) is 5.56 Å². The topological polar surface area (TPSA) is 35.6 Å². The van der Waals surface area contributed by atoms with Crippen molar-refractivity contribution in [3.8, 4) is 0 Å². The van der Waals surface area contributed by atoms with Gasteiger partial charge in [-0.1, -0.05) is 6.07 Å². The Kier molecular flexibility index (Phi) is 3.33. The quantitative estimate of drug-likeness (QED) is 0.841. The molecule has 0 radical (unpaired) electrons. The molecule has 17 heavy (non-hydrogen) atoms. The first-order valence-corrected chi connectivity index (χ1v) is 5.88. The summed E-state index contributed by atoms with van der Waals surface area (Å²) < 4.78 is 0. The summed E-state index contributed by atoms with van der Waals surface area (Å²) in [6.45, 7) is 1.43. The van der Waals surface area contributed by atoms with Gasteiger partial charge < -0.3 is 15.1 Å². The van der Waals surface area contributed by atoms with Crippen molar-refractivity contribution in [2.45, 2.75) is 6.42 Å². The monoisotopic (exact) mass is 233 g/mol. The molecular formula is C13H19N3O. The summed E-state index contributed by atoms with van der Waals surface area (Å²) in [6, 6.07) is 6.23. The molecule has 2 rings (SSSR count). The number of likely N-dealkylation sites (N-methyl/N-ethyl adjacent to an activating group) is 3. The van der Waals surface area contributed by atoms with E-state index in [-0.39, 0.29) is 5.91 Å². The van der Waals surface area contributed by atoms with Crippen molar-refractivity contribution in [2.24, 2.45) is 0 Å². The average molecular weight is 233 g/mol. The van der Waals surface area contributed by atoms with Crippen molar-refractivity contribution >= 4 is 17.3 Å². The minimum absolute atomic E-state index is 0.0769. The van der Waals surface area contributed by atoms with Crippen LogP contribution in [0.3, 0.4) is 0 Å². The Morgan fingerprint density at radius 2 is 2.29 bits per heavy atom. The minimum Gasteiger partial charge on any atom is -0.374 e. The molecule has 1 aliphatic rings. The van der Waals surface area contributed by atoms with E-state index >= 15 is 0 Å². The lowest BCUT2D eigenvalue weighted by atomic mass is 10.1. The van der Waals surface area contributed by atoms with Crippen LogP contribution < -0.4 is 15.1 Å². The molecule has 0 bridgehead atoms. The number of hydrogen-bond donors (Lipinski definition) is 1. The molecule has 0 spiro atoms. The summed E-state index contributed by atoms with van der Waals surface area (Å²) in [4.78, 5) is 15.7. The maximum absolute atomic E-state index is 11.8. The second kappa shape index (κ2) is 4.75. The molecule has 0 unspecified atom stereocenters. The van der Waals surface area contributed by atoms with Crippen LogP contribution in [0.5, 0.6) is 0 Å². The standard InChI is InChI=1S/C13H19N3O/c1-14-9-13(17)16(3)11-5-4-10-6-7-15(2)12(10)8-11/h4-5,8,14H,6-7,9H2,1-3H3. The molecule has 1 aromatic rings. The highest BCUT2D eigenvalue weighted by Gasteiger charge is 2.18. The molecule has 0 fully saturated rings. The summed E-state index contributed by atoms with van der Waals surface area (Å²) in [5.41, 5.74) is 3.56. The van der Waals surface area contributed by atoms with Gasteiger partial charge in [-0.2, -0.15) is 0 Å². The number of rotatable bonds is 3. The summed E-state index contributed by atoms with van der Waals surface area (Å²) in [6.07, 6.45) is 1.10. The maximum atomic E-state index is 11.8. The molecule has 1 heterocycles. The number of amides is 1. The third-order valence-electron chi connectivity index (χ3n) is 3.29. The van der Waals surface area contributed by atoms with Crippen molar-refractivity contribution in [1.82, 2.24) is 5.32 Å². The van der Waals surface area contributed by atoms with Gasteiger partial charge in [0.25, 0.3) is 0 Å². The molecular weight excluding hydrogens is 214 g/mol. The summed E-state index contributed by atoms with van der Waals surface area (Å²) in [5, 5.41) is 2.88. The van der Waals surface area contributed by atoms with E-state index in [0.717, 1.165) is 18.7 Å². The molecule has 1 amide bonds. The van der Waals surface area contributed by atoms with E-state index in [9.17, 15) is 4.79 Å². The number of hydrogen-bond acceptors (Lipinski definition) is 3. The molecule has 0 aliphatic carbocycles. The Morgan fingerprint density at radius 1 is 1.53 bits per heavy atom. The molecule has 4 heteroatoms. The van der Waals surface area contributed by atoms with Crippen molar-refractivity contribution in [2.75, 3.05) is 44.0 Å². The first-order chi connectivity index (χ1) is 8.13. The van der Waals surface area contributed by atoms with E-state index in [1.165, 1.54) is 11.3 Å². The molecule has 92 valence electrons. The van der Waals surface area contributed by atoms with Gasteiger partial charge >= 0.3 is 0 Å². The van der Waals surface area contributed by atoms with Gasteiger partial charge in [-0.25, -0.2) is 0 Å². The number of fused-ring (bicyclic) bond motifs is 1. The van der Waals surface area contributed by atoms with E-state index in [1.807, 2.05) is 13.1 Å². The van der Waals surface area contributed by atoms with Crippen LogP contribution in [0.4, 0.5) is 11.4 Å². The van der Waals surface area contributed by atoms with Gasteiger partial charge in [0.1, 0.15) is 0 Å². The Labute approximate surface area is 102 Å². The van der Waals surface area contributed by atoms with Gasteiger partial charge in [0.15, 0.2) is 0 Å². The van der Waals surface area contributed by atoms with Crippen LogP contribution >= 0.6 is 0 Å². The fourth-order valence-corrected chi connectivity index (χ4v) is 2.15. The zero-order valence-electron chi connectivity index (χ0n) is 10.7. The predicted molar refractivity (Wildman–Crippen MR) is 70.8 cm³/mol. The number of carbonyl (C=O) groups is 1. The lowest BCUT2D eigenvalue weighted by Crippen LogP contribution is -2.34. The van der Waals surface area contributed by atoms with Crippen LogP contribution in [0, 0.1) is 0 Å². The molecule has 1 N–H and O–H groups in total. The summed E-state index contributed by atoms with van der Waals surface area (Å²) >= 11 is 0. The molecule has 0 saturated carbocycles. The number of nitrogens with one attached hydrogen (secondary N) is 1. The van der Waals surface area contributed by atoms with E-state index in [1.54, 1.807) is 11.9 Å². The highest BCUT2D eigenvalue weighted by atomic mass is 16.2. The van der Waals surface area contributed by atoms with Crippen molar-refractivity contribution < 1.29 is 4.79 Å². The third kappa shape index (κ3) is 2.26. The number of nitrogens with zero attached hydrogens (tertiary/aromatic N) is 2. The Balaban J connectivity index is 2.23. The SMILES string of the molecule is CNCC(=O)N(C)c1ccc2c(c1)N(C)CC2. The smallest absolute Gasteiger partial charge is 0.240 e. The van der Waals surface area contributed by atoms with Crippen LogP contribution in [-0.2, 0) is 11.2 Å². The summed E-state index contributed by atoms with van der Waals surface area (Å²) in [7, 11) is 5.68. The largest absolute Gasteiger partial charge is 0.374 e. The zero-order valence-corrected chi connectivity index (χ0v) is 10.7. The highest BCUT2D eigenvalue weighted by molar-refractivity contribution is 5.94. The average Bonchev–Trinajstić information content (AvgIpc) is 2.70. The summed E-state index contributed by atoms with van der Waals surface area (Å²) in [5.74, 6) is 0.0769. The molecule has 1 aliphatic heterocycles. The first-order valence-electron chi connectivity index (χ1n) is 5.88. The van der Waals surface area contributed by atoms with Gasteiger partial charge in [0.05, 0.1) is 6.54 Å². The van der Waals surface area contributed by atoms with Gasteiger partial charge in [0, 0.05) is 32.0 Å². The van der Waals surface area contributed by atoms with Crippen molar-refractivity contribution in [1.29, 1.82) is 0 Å². The maximum Gasteiger partial charge on any atom is 0.240 e. The Hall–Kier alpha value is -1.55. The molecule has 4 nitrogen and oxygen atoms in total. The zero-order chi connectivity index (χ0) is 12.4. The molecule has 0 saturated heterocycles. The van der Waals surface area contributed by atoms with E-state index in [2.05, 4.69) is 29.4 Å². The van der Waals surface area contributed by atoms with E-state index < -0.39 is 0 Å². The second-order valence-corrected chi connectivity index (χ2v) is 4.47. The van der Waals surface area contributed by atoms with Gasteiger partial charge in [-0.3, -0.25) is 4.79 Å². The fourth-order valence-electron chi connectivity index (χ4n) is 2.15. The molecule has 1 aromatic carbocycles. The van der Waals surface area contributed by atoms with Crippen LogP contribution in [-0.4, -0.2) is 40.1 Å². The second-order valence-electron chi connectivity index (χ2n) is 4.47. The number of benzene rings is 1. The van der Waals surface area contributed by atoms with Gasteiger partial charge in [-0.15, -0.1) is 0 Å². The van der Waals surface area contributed by atoms with Crippen LogP contribution in [0.25, 0.3) is 0 Å². The fraction of sp³-hybridized carbons (Fsp3) is 0.462. The minimum atomic E-state index is 0.0769. The van der Waals surface area contributed by atoms with Crippen LogP contribution in [0.15, 0.2) is 18.2 Å². The number of anilines is 2. The van der Waals surface area contributed by atoms with Gasteiger partial charge in [-0.05, 0) is 31.2 Å². The van der Waals surface area contributed by atoms with E-state index in [0.29, 0.717) is 6.54 Å².